The van der Waals surface area contributed by atoms with Crippen LogP contribution in [0.1, 0.15) is 0 Å². The van der Waals surface area contributed by atoms with Crippen molar-refractivity contribution in [1.29, 1.82) is 0 Å². The molecule has 11 heavy (non-hydrogen) atoms. The lowest BCUT2D eigenvalue weighted by Crippen LogP contribution is -2.19. The quantitative estimate of drug-likeness (QED) is 0.330. The third-order valence-corrected chi connectivity index (χ3v) is 1.18. The molecule has 0 bridgehead atoms. The third-order valence-electron chi connectivity index (χ3n) is 1.18. The van der Waals surface area contributed by atoms with E-state index in [9.17, 15) is 19.0 Å². The van der Waals surface area contributed by atoms with Gasteiger partial charge in [-0.25, -0.2) is 5.12 Å². The van der Waals surface area contributed by atoms with Crippen LogP contribution in [0.3, 0.4) is 0 Å². The van der Waals surface area contributed by atoms with Gasteiger partial charge in [-0.15, -0.1) is 4.48 Å². The summed E-state index contributed by atoms with van der Waals surface area (Å²) in [6.45, 7) is -0.644. The van der Waals surface area contributed by atoms with E-state index in [-0.39, 0.29) is 5.12 Å². The first-order valence-electron chi connectivity index (χ1n) is 2.75. The van der Waals surface area contributed by atoms with Crippen LogP contribution in [0, 0.1) is 10.1 Å². The van der Waals surface area contributed by atoms with Crippen LogP contribution in [-0.2, 0) is 0 Å². The first-order valence-corrected chi connectivity index (χ1v) is 2.75. The minimum absolute atomic E-state index is 0.0429. The lowest BCUT2D eigenvalue weighted by Gasteiger charge is -2.09. The third kappa shape index (κ3) is 1.51. The number of nitro groups is 1. The fourth-order valence-corrected chi connectivity index (χ4v) is 0.659. The zero-order chi connectivity index (χ0) is 8.43. The summed E-state index contributed by atoms with van der Waals surface area (Å²) in [5.41, 5.74) is -0.755. The predicted molar refractivity (Wildman–Crippen MR) is 32.1 cm³/mol. The van der Waals surface area contributed by atoms with E-state index in [1.807, 2.05) is 0 Å². The van der Waals surface area contributed by atoms with Crippen LogP contribution in [-0.4, -0.2) is 16.6 Å². The van der Waals surface area contributed by atoms with Crippen molar-refractivity contribution in [2.45, 2.75) is 0 Å². The Balaban J connectivity index is 2.90. The molecule has 0 atom stereocenters. The van der Waals surface area contributed by atoms with Gasteiger partial charge in [-0.2, -0.15) is 4.39 Å². The van der Waals surface area contributed by atoms with Crippen molar-refractivity contribution in [3.8, 4) is 0 Å². The highest BCUT2D eigenvalue weighted by Crippen LogP contribution is 2.16. The fraction of sp³-hybridized carbons (Fsp3) is 0.200. The molecule has 1 rings (SSSR count). The van der Waals surface area contributed by atoms with Gasteiger partial charge >= 0.3 is 5.70 Å². The molecule has 0 fully saturated rings. The number of allylic oxidation sites excluding steroid dienone is 2. The van der Waals surface area contributed by atoms with Gasteiger partial charge in [-0.3, -0.25) is 10.1 Å². The molecular weight excluding hydrogens is 158 g/mol. The molecule has 0 aromatic heterocycles. The molecule has 0 aromatic carbocycles. The van der Waals surface area contributed by atoms with Crippen LogP contribution in [0.5, 0.6) is 0 Å². The van der Waals surface area contributed by atoms with Crippen LogP contribution in [0.2, 0.25) is 0 Å². The molecule has 0 unspecified atom stereocenters. The van der Waals surface area contributed by atoms with Gasteiger partial charge in [0.25, 0.3) is 0 Å². The Morgan fingerprint density at radius 2 is 2.36 bits per heavy atom. The number of rotatable bonds is 1. The summed E-state index contributed by atoms with van der Waals surface area (Å²) < 4.78 is 24.6. The zero-order valence-corrected chi connectivity index (χ0v) is 5.33. The molecule has 0 aliphatic carbocycles. The van der Waals surface area contributed by atoms with Crippen LogP contribution in [0.4, 0.5) is 8.87 Å². The van der Waals surface area contributed by atoms with Crippen molar-refractivity contribution in [1.82, 2.24) is 5.12 Å². The molecule has 1 aliphatic heterocycles. The van der Waals surface area contributed by atoms with Crippen LogP contribution >= 0.6 is 0 Å². The Morgan fingerprint density at radius 3 is 2.82 bits per heavy atom. The highest BCUT2D eigenvalue weighted by molar-refractivity contribution is 5.19. The second-order valence-electron chi connectivity index (χ2n) is 1.93. The van der Waals surface area contributed by atoms with Crippen molar-refractivity contribution in [2.24, 2.45) is 0 Å². The second kappa shape index (κ2) is 2.65. The predicted octanol–water partition coefficient (Wildman–Crippen LogP) is 1.16. The normalized spacial score (nSPS) is 17.5. The van der Waals surface area contributed by atoms with Gasteiger partial charge in [0, 0.05) is 6.20 Å². The standard InChI is InChI=1S/C5H4F2N2O2/c6-4-1-2-8(7)3-5(4)9(10)11/h1-2H,3H2. The van der Waals surface area contributed by atoms with E-state index in [4.69, 9.17) is 0 Å². The Labute approximate surface area is 60.5 Å². The van der Waals surface area contributed by atoms with Crippen LogP contribution in [0.25, 0.3) is 0 Å². The summed E-state index contributed by atoms with van der Waals surface area (Å²) >= 11 is 0. The first kappa shape index (κ1) is 7.64. The Bertz CT molecular complexity index is 249. The minimum atomic E-state index is -0.996. The summed E-state index contributed by atoms with van der Waals surface area (Å²) in [6.07, 6.45) is 1.50. The zero-order valence-electron chi connectivity index (χ0n) is 5.33. The van der Waals surface area contributed by atoms with Crippen molar-refractivity contribution in [3.05, 3.63) is 33.9 Å². The lowest BCUT2D eigenvalue weighted by molar-refractivity contribution is -0.431. The maximum atomic E-state index is 12.4. The Morgan fingerprint density at radius 1 is 1.73 bits per heavy atom. The van der Waals surface area contributed by atoms with Gasteiger partial charge in [0.05, 0.1) is 4.92 Å². The Kier molecular flexibility index (Phi) is 1.84. The van der Waals surface area contributed by atoms with Gasteiger partial charge in [0.2, 0.25) is 0 Å². The number of nitrogens with zero attached hydrogens (tertiary/aromatic N) is 2. The van der Waals surface area contributed by atoms with Crippen molar-refractivity contribution < 1.29 is 13.8 Å². The molecule has 1 heterocycles. The van der Waals surface area contributed by atoms with E-state index in [1.54, 1.807) is 0 Å². The highest BCUT2D eigenvalue weighted by atomic mass is 19.2. The van der Waals surface area contributed by atoms with Gasteiger partial charge < -0.3 is 0 Å². The molecule has 6 heteroatoms. The smallest absolute Gasteiger partial charge is 0.258 e. The monoisotopic (exact) mass is 162 g/mol. The highest BCUT2D eigenvalue weighted by Gasteiger charge is 2.23. The number of hydrogen-bond acceptors (Lipinski definition) is 3. The maximum absolute atomic E-state index is 12.4. The van der Waals surface area contributed by atoms with E-state index < -0.39 is 23.0 Å². The van der Waals surface area contributed by atoms with Gasteiger partial charge in [-0.05, 0) is 6.08 Å². The molecule has 0 saturated heterocycles. The van der Waals surface area contributed by atoms with Crippen LogP contribution < -0.4 is 0 Å². The number of hydrogen-bond donors (Lipinski definition) is 0. The Hall–Kier alpha value is -1.46. The average molecular weight is 162 g/mol. The summed E-state index contributed by atoms with van der Waals surface area (Å²) in [7, 11) is 0. The molecule has 0 aromatic rings. The van der Waals surface area contributed by atoms with E-state index >= 15 is 0 Å². The van der Waals surface area contributed by atoms with E-state index in [1.165, 1.54) is 0 Å². The van der Waals surface area contributed by atoms with Gasteiger partial charge in [0.1, 0.15) is 6.54 Å². The molecule has 60 valence electrons. The van der Waals surface area contributed by atoms with Crippen molar-refractivity contribution in [3.63, 3.8) is 0 Å². The van der Waals surface area contributed by atoms with Gasteiger partial charge in [-0.1, -0.05) is 0 Å². The first-order chi connectivity index (χ1) is 5.11. The maximum Gasteiger partial charge on any atom is 0.303 e. The average Bonchev–Trinajstić information content (AvgIpc) is 1.94. The van der Waals surface area contributed by atoms with Gasteiger partial charge in [0.15, 0.2) is 5.83 Å². The SMILES string of the molecule is O=[N+]([O-])C1=C(F)C=CN(F)C1. The topological polar surface area (TPSA) is 46.4 Å². The second-order valence-corrected chi connectivity index (χ2v) is 1.93. The molecule has 1 aliphatic rings. The van der Waals surface area contributed by atoms with E-state index in [2.05, 4.69) is 0 Å². The van der Waals surface area contributed by atoms with Crippen molar-refractivity contribution in [2.75, 3.05) is 6.54 Å². The van der Waals surface area contributed by atoms with E-state index in [0.717, 1.165) is 6.20 Å². The minimum Gasteiger partial charge on any atom is -0.258 e. The van der Waals surface area contributed by atoms with E-state index in [0.29, 0.717) is 6.08 Å². The molecule has 0 N–H and O–H groups in total. The number of halogens is 2. The lowest BCUT2D eigenvalue weighted by atomic mass is 10.3. The van der Waals surface area contributed by atoms with Crippen molar-refractivity contribution >= 4 is 0 Å². The summed E-state index contributed by atoms with van der Waals surface area (Å²) in [5, 5.41) is 10.0. The molecule has 4 nitrogen and oxygen atoms in total. The van der Waals surface area contributed by atoms with Crippen LogP contribution in [0.15, 0.2) is 23.8 Å². The molecule has 0 amide bonds. The summed E-state index contributed by atoms with van der Waals surface area (Å²) in [4.78, 5) is 9.05. The molecule has 0 spiro atoms. The summed E-state index contributed by atoms with van der Waals surface area (Å²) in [5.74, 6) is -0.996. The summed E-state index contributed by atoms with van der Waals surface area (Å²) in [6, 6.07) is 0. The molecular formula is C5H4F2N2O2. The largest absolute Gasteiger partial charge is 0.303 e. The molecule has 0 radical (unpaired) electrons. The fourth-order valence-electron chi connectivity index (χ4n) is 0.659. The molecule has 0 saturated carbocycles.